The van der Waals surface area contributed by atoms with Gasteiger partial charge in [0.1, 0.15) is 24.2 Å². The quantitative estimate of drug-likeness (QED) is 0.440. The lowest BCUT2D eigenvalue weighted by Gasteiger charge is -2.16. The van der Waals surface area contributed by atoms with Crippen molar-refractivity contribution in [1.82, 2.24) is 24.8 Å². The third kappa shape index (κ3) is 3.83. The van der Waals surface area contributed by atoms with Crippen LogP contribution in [0.5, 0.6) is 5.88 Å². The minimum absolute atomic E-state index is 0.122. The summed E-state index contributed by atoms with van der Waals surface area (Å²) in [5.74, 6) is 0.865. The molecule has 1 atom stereocenters. The molecule has 32 heavy (non-hydrogen) atoms. The average molecular weight is 432 g/mol. The average Bonchev–Trinajstić information content (AvgIpc) is 3.50. The first-order valence-corrected chi connectivity index (χ1v) is 10.1. The highest BCUT2D eigenvalue weighted by atomic mass is 16.6. The van der Waals surface area contributed by atoms with Crippen LogP contribution in [0.1, 0.15) is 28.0 Å². The van der Waals surface area contributed by atoms with Crippen molar-refractivity contribution >= 4 is 11.5 Å². The van der Waals surface area contributed by atoms with E-state index in [-0.39, 0.29) is 11.5 Å². The SMILES string of the molecule is COc1cc(NC(C(=O)c2nonc2-c2ccccc2)c2cn3c(n2)COCC3)ccn1. The zero-order valence-electron chi connectivity index (χ0n) is 17.3. The van der Waals surface area contributed by atoms with Gasteiger partial charge in [-0.1, -0.05) is 30.3 Å². The lowest BCUT2D eigenvalue weighted by molar-refractivity contribution is 0.0816. The summed E-state index contributed by atoms with van der Waals surface area (Å²) < 4.78 is 17.6. The third-order valence-electron chi connectivity index (χ3n) is 5.17. The smallest absolute Gasteiger partial charge is 0.215 e. The van der Waals surface area contributed by atoms with E-state index in [0.29, 0.717) is 42.7 Å². The third-order valence-corrected chi connectivity index (χ3v) is 5.17. The molecular formula is C22H20N6O4. The molecule has 0 saturated carbocycles. The van der Waals surface area contributed by atoms with Crippen molar-refractivity contribution in [2.24, 2.45) is 0 Å². The zero-order chi connectivity index (χ0) is 21.9. The minimum Gasteiger partial charge on any atom is -0.481 e. The second-order valence-electron chi connectivity index (χ2n) is 7.18. The summed E-state index contributed by atoms with van der Waals surface area (Å²) in [6, 6.07) is 11.9. The van der Waals surface area contributed by atoms with Crippen molar-refractivity contribution in [3.63, 3.8) is 0 Å². The molecule has 0 saturated heterocycles. The first kappa shape index (κ1) is 19.9. The number of pyridine rings is 1. The normalized spacial score (nSPS) is 13.9. The number of rotatable bonds is 7. The molecule has 1 aromatic carbocycles. The summed E-state index contributed by atoms with van der Waals surface area (Å²) in [4.78, 5) is 22.5. The number of ether oxygens (including phenoxy) is 2. The lowest BCUT2D eigenvalue weighted by Crippen LogP contribution is -2.23. The molecule has 0 spiro atoms. The number of hydrogen-bond acceptors (Lipinski definition) is 9. The molecule has 4 aromatic rings. The highest BCUT2D eigenvalue weighted by molar-refractivity contribution is 6.04. The Labute approximate surface area is 183 Å². The van der Waals surface area contributed by atoms with Gasteiger partial charge in [-0.25, -0.2) is 14.6 Å². The molecule has 3 aromatic heterocycles. The molecule has 5 rings (SSSR count). The van der Waals surface area contributed by atoms with Crippen molar-refractivity contribution in [3.8, 4) is 17.1 Å². The van der Waals surface area contributed by atoms with Crippen molar-refractivity contribution in [2.45, 2.75) is 19.2 Å². The van der Waals surface area contributed by atoms with E-state index < -0.39 is 6.04 Å². The van der Waals surface area contributed by atoms with E-state index in [2.05, 4.69) is 25.6 Å². The van der Waals surface area contributed by atoms with Crippen LogP contribution in [0.15, 0.2) is 59.5 Å². The van der Waals surface area contributed by atoms with Gasteiger partial charge in [0, 0.05) is 36.3 Å². The van der Waals surface area contributed by atoms with E-state index in [1.54, 1.807) is 18.3 Å². The molecule has 0 aliphatic carbocycles. The number of benzene rings is 1. The van der Waals surface area contributed by atoms with E-state index in [1.165, 1.54) is 7.11 Å². The molecule has 1 unspecified atom stereocenters. The van der Waals surface area contributed by atoms with Crippen LogP contribution in [0.25, 0.3) is 11.3 Å². The lowest BCUT2D eigenvalue weighted by atomic mass is 10.0. The highest BCUT2D eigenvalue weighted by Gasteiger charge is 2.31. The second-order valence-corrected chi connectivity index (χ2v) is 7.18. The zero-order valence-corrected chi connectivity index (χ0v) is 17.3. The van der Waals surface area contributed by atoms with Gasteiger partial charge in [-0.2, -0.15) is 0 Å². The Morgan fingerprint density at radius 3 is 2.91 bits per heavy atom. The van der Waals surface area contributed by atoms with Gasteiger partial charge in [0.05, 0.1) is 19.4 Å². The molecule has 0 amide bonds. The number of aromatic nitrogens is 5. The molecule has 0 fully saturated rings. The molecule has 1 aliphatic rings. The summed E-state index contributed by atoms with van der Waals surface area (Å²) in [6.07, 6.45) is 3.46. The van der Waals surface area contributed by atoms with Crippen molar-refractivity contribution in [3.05, 3.63) is 72.1 Å². The Morgan fingerprint density at radius 1 is 1.22 bits per heavy atom. The molecule has 10 heteroatoms. The van der Waals surface area contributed by atoms with Crippen LogP contribution in [0.4, 0.5) is 5.69 Å². The molecule has 10 nitrogen and oxygen atoms in total. The fraction of sp³-hybridized carbons (Fsp3) is 0.227. The second kappa shape index (κ2) is 8.60. The molecule has 4 heterocycles. The van der Waals surface area contributed by atoms with Crippen molar-refractivity contribution < 1.29 is 18.9 Å². The molecule has 1 N–H and O–H groups in total. The number of fused-ring (bicyclic) bond motifs is 1. The van der Waals surface area contributed by atoms with Crippen LogP contribution >= 0.6 is 0 Å². The fourth-order valence-electron chi connectivity index (χ4n) is 3.57. The van der Waals surface area contributed by atoms with Gasteiger partial charge < -0.3 is 19.4 Å². The molecule has 162 valence electrons. The Morgan fingerprint density at radius 2 is 2.09 bits per heavy atom. The largest absolute Gasteiger partial charge is 0.481 e. The van der Waals surface area contributed by atoms with Crippen LogP contribution in [0, 0.1) is 0 Å². The van der Waals surface area contributed by atoms with E-state index in [0.717, 1.165) is 11.4 Å². The van der Waals surface area contributed by atoms with Crippen molar-refractivity contribution in [2.75, 3.05) is 19.0 Å². The number of nitrogens with zero attached hydrogens (tertiary/aromatic N) is 5. The number of methoxy groups -OCH3 is 1. The van der Waals surface area contributed by atoms with E-state index >= 15 is 0 Å². The van der Waals surface area contributed by atoms with Gasteiger partial charge in [-0.3, -0.25) is 4.79 Å². The number of nitrogens with one attached hydrogen (secondary N) is 1. The molecule has 0 radical (unpaired) electrons. The molecule has 1 aliphatic heterocycles. The van der Waals surface area contributed by atoms with Gasteiger partial charge >= 0.3 is 0 Å². The number of carbonyl (C=O) groups is 1. The Kier molecular flexibility index (Phi) is 5.34. The van der Waals surface area contributed by atoms with Crippen molar-refractivity contribution in [1.29, 1.82) is 0 Å². The number of carbonyl (C=O) groups excluding carboxylic acids is 1. The van der Waals surface area contributed by atoms with E-state index in [4.69, 9.17) is 14.1 Å². The molecule has 0 bridgehead atoms. The summed E-state index contributed by atoms with van der Waals surface area (Å²) in [7, 11) is 1.53. The van der Waals surface area contributed by atoms with Gasteiger partial charge in [0.25, 0.3) is 0 Å². The highest BCUT2D eigenvalue weighted by Crippen LogP contribution is 2.29. The van der Waals surface area contributed by atoms with Crippen LogP contribution < -0.4 is 10.1 Å². The van der Waals surface area contributed by atoms with Crippen LogP contribution in [-0.2, 0) is 17.9 Å². The maximum atomic E-state index is 13.7. The minimum atomic E-state index is -0.838. The number of hydrogen-bond donors (Lipinski definition) is 1. The van der Waals surface area contributed by atoms with Gasteiger partial charge in [-0.15, -0.1) is 0 Å². The summed E-state index contributed by atoms with van der Waals surface area (Å²) in [5.41, 5.74) is 2.43. The van der Waals surface area contributed by atoms with Crippen LogP contribution in [0.3, 0.4) is 0 Å². The topological polar surface area (TPSA) is 117 Å². The fourth-order valence-corrected chi connectivity index (χ4v) is 3.57. The number of imidazole rings is 1. The number of Topliss-reactive ketones (excluding diaryl/α,β-unsaturated/α-hetero) is 1. The maximum absolute atomic E-state index is 13.7. The summed E-state index contributed by atoms with van der Waals surface area (Å²) in [5, 5.41) is 11.1. The first-order chi connectivity index (χ1) is 15.7. The maximum Gasteiger partial charge on any atom is 0.215 e. The van der Waals surface area contributed by atoms with E-state index in [1.807, 2.05) is 41.1 Å². The first-order valence-electron chi connectivity index (χ1n) is 10.1. The van der Waals surface area contributed by atoms with E-state index in [9.17, 15) is 4.79 Å². The molecular weight excluding hydrogens is 412 g/mol. The van der Waals surface area contributed by atoms with Gasteiger partial charge in [0.2, 0.25) is 11.7 Å². The van der Waals surface area contributed by atoms with Gasteiger partial charge in [-0.05, 0) is 16.4 Å². The van der Waals surface area contributed by atoms with Crippen LogP contribution in [0.2, 0.25) is 0 Å². The predicted molar refractivity (Wildman–Crippen MR) is 113 cm³/mol. The predicted octanol–water partition coefficient (Wildman–Crippen LogP) is 2.90. The summed E-state index contributed by atoms with van der Waals surface area (Å²) in [6.45, 7) is 1.67. The summed E-state index contributed by atoms with van der Waals surface area (Å²) >= 11 is 0. The Bertz CT molecular complexity index is 1210. The Balaban J connectivity index is 1.55. The van der Waals surface area contributed by atoms with Gasteiger partial charge in [0.15, 0.2) is 5.69 Å². The monoisotopic (exact) mass is 432 g/mol. The number of anilines is 1. The Hall–Kier alpha value is -4.05. The number of ketones is 1. The standard InChI is InChI=1S/C22H20N6O4/c1-30-18-11-15(7-8-23-18)24-20(16-12-28-9-10-31-13-17(28)25-16)22(29)21-19(26-32-27-21)14-5-3-2-4-6-14/h2-8,11-12,20H,9-10,13H2,1H3,(H,23,24). The van der Waals surface area contributed by atoms with Crippen LogP contribution in [-0.4, -0.2) is 44.3 Å².